The molecule has 1 aromatic rings. The lowest BCUT2D eigenvalue weighted by atomic mass is 9.75. The zero-order valence-electron chi connectivity index (χ0n) is 13.4. The fraction of sp³-hybridized carbons (Fsp3) is 0.611. The molecule has 0 aliphatic heterocycles. The van der Waals surface area contributed by atoms with Crippen molar-refractivity contribution in [2.24, 2.45) is 5.41 Å². The lowest BCUT2D eigenvalue weighted by molar-refractivity contribution is -0.138. The Morgan fingerprint density at radius 1 is 1.29 bits per heavy atom. The van der Waals surface area contributed by atoms with Crippen molar-refractivity contribution >= 4 is 5.97 Å². The van der Waals surface area contributed by atoms with Crippen LogP contribution < -0.4 is 5.32 Å². The minimum absolute atomic E-state index is 0.437. The number of hydrogen-bond acceptors (Lipinski definition) is 2. The van der Waals surface area contributed by atoms with E-state index in [0.29, 0.717) is 11.5 Å². The number of carboxylic acid groups (broad SMARTS) is 1. The van der Waals surface area contributed by atoms with Crippen LogP contribution >= 0.6 is 0 Å². The first-order valence-electron chi connectivity index (χ1n) is 7.92. The molecule has 0 radical (unpaired) electrons. The van der Waals surface area contributed by atoms with Crippen molar-refractivity contribution in [2.45, 2.75) is 65.0 Å². The molecule has 1 saturated carbocycles. The van der Waals surface area contributed by atoms with E-state index in [4.69, 9.17) is 5.11 Å². The predicted octanol–water partition coefficient (Wildman–Crippen LogP) is 3.93. The van der Waals surface area contributed by atoms with Gasteiger partial charge in [0.1, 0.15) is 0 Å². The summed E-state index contributed by atoms with van der Waals surface area (Å²) in [6.07, 6.45) is 5.09. The smallest absolute Gasteiger partial charge is 0.310 e. The summed E-state index contributed by atoms with van der Waals surface area (Å²) in [7, 11) is 0. The van der Waals surface area contributed by atoms with Crippen LogP contribution in [0.3, 0.4) is 0 Å². The maximum absolute atomic E-state index is 11.0. The number of carbonyl (C=O) groups is 1. The Morgan fingerprint density at radius 3 is 2.38 bits per heavy atom. The second-order valence-corrected chi connectivity index (χ2v) is 7.12. The van der Waals surface area contributed by atoms with Crippen molar-refractivity contribution in [1.29, 1.82) is 0 Å². The van der Waals surface area contributed by atoms with Crippen LogP contribution in [0.25, 0.3) is 0 Å². The van der Waals surface area contributed by atoms with Gasteiger partial charge in [0.15, 0.2) is 0 Å². The van der Waals surface area contributed by atoms with E-state index in [2.05, 4.69) is 19.2 Å². The Hall–Kier alpha value is -1.35. The number of benzene rings is 1. The average molecular weight is 289 g/mol. The quantitative estimate of drug-likeness (QED) is 0.863. The van der Waals surface area contributed by atoms with Crippen molar-refractivity contribution in [3.63, 3.8) is 0 Å². The van der Waals surface area contributed by atoms with E-state index < -0.39 is 11.9 Å². The molecule has 116 valence electrons. The van der Waals surface area contributed by atoms with E-state index in [1.807, 2.05) is 24.3 Å². The molecule has 0 spiro atoms. The van der Waals surface area contributed by atoms with Crippen LogP contribution in [0.1, 0.15) is 63.5 Å². The van der Waals surface area contributed by atoms with Gasteiger partial charge < -0.3 is 10.4 Å². The van der Waals surface area contributed by atoms with E-state index in [9.17, 15) is 4.79 Å². The summed E-state index contributed by atoms with van der Waals surface area (Å²) in [5.41, 5.74) is 2.60. The van der Waals surface area contributed by atoms with Gasteiger partial charge in [0.05, 0.1) is 5.92 Å². The van der Waals surface area contributed by atoms with Crippen molar-refractivity contribution < 1.29 is 9.90 Å². The van der Waals surface area contributed by atoms with Gasteiger partial charge in [0.2, 0.25) is 0 Å². The standard InChI is InChI=1S/C18H27NO2/c1-13(17(20)21)15-6-4-14(5-7-15)12-19-16-8-10-18(2,3)11-9-16/h4-7,13,16,19H,8-12H2,1-3H3,(H,20,21). The molecule has 0 bridgehead atoms. The topological polar surface area (TPSA) is 49.3 Å². The second kappa shape index (κ2) is 6.61. The van der Waals surface area contributed by atoms with Crippen LogP contribution in [0.4, 0.5) is 0 Å². The molecule has 1 aliphatic rings. The number of carboxylic acids is 1. The SMILES string of the molecule is CC(C(=O)O)c1ccc(CNC2CCC(C)(C)CC2)cc1. The van der Waals surface area contributed by atoms with Gasteiger partial charge in [-0.3, -0.25) is 4.79 Å². The molecule has 1 unspecified atom stereocenters. The molecule has 1 aliphatic carbocycles. The molecule has 0 amide bonds. The van der Waals surface area contributed by atoms with E-state index in [-0.39, 0.29) is 0 Å². The molecule has 0 saturated heterocycles. The predicted molar refractivity (Wildman–Crippen MR) is 85.4 cm³/mol. The van der Waals surface area contributed by atoms with E-state index >= 15 is 0 Å². The number of rotatable bonds is 5. The highest BCUT2D eigenvalue weighted by Crippen LogP contribution is 2.35. The largest absolute Gasteiger partial charge is 0.481 e. The van der Waals surface area contributed by atoms with Gasteiger partial charge in [-0.05, 0) is 49.1 Å². The van der Waals surface area contributed by atoms with Crippen LogP contribution in [0, 0.1) is 5.41 Å². The Kier molecular flexibility index (Phi) is 5.04. The fourth-order valence-corrected chi connectivity index (χ4v) is 2.93. The van der Waals surface area contributed by atoms with Gasteiger partial charge >= 0.3 is 5.97 Å². The number of nitrogens with one attached hydrogen (secondary N) is 1. The van der Waals surface area contributed by atoms with Gasteiger partial charge in [0.25, 0.3) is 0 Å². The van der Waals surface area contributed by atoms with E-state index in [0.717, 1.165) is 12.1 Å². The Balaban J connectivity index is 1.83. The highest BCUT2D eigenvalue weighted by molar-refractivity contribution is 5.75. The Labute approximate surface area is 127 Å². The van der Waals surface area contributed by atoms with Crippen molar-refractivity contribution in [3.8, 4) is 0 Å². The van der Waals surface area contributed by atoms with Crippen LogP contribution in [-0.4, -0.2) is 17.1 Å². The highest BCUT2D eigenvalue weighted by Gasteiger charge is 2.26. The molecular formula is C18H27NO2. The second-order valence-electron chi connectivity index (χ2n) is 7.12. The third kappa shape index (κ3) is 4.57. The molecule has 3 heteroatoms. The normalized spacial score (nSPS) is 20.1. The summed E-state index contributed by atoms with van der Waals surface area (Å²) in [6, 6.07) is 8.55. The average Bonchev–Trinajstić information content (AvgIpc) is 2.46. The summed E-state index contributed by atoms with van der Waals surface area (Å²) in [6.45, 7) is 7.29. The van der Waals surface area contributed by atoms with Gasteiger partial charge in [0, 0.05) is 12.6 Å². The van der Waals surface area contributed by atoms with Gasteiger partial charge in [-0.25, -0.2) is 0 Å². The van der Waals surface area contributed by atoms with Crippen LogP contribution in [0.15, 0.2) is 24.3 Å². The maximum atomic E-state index is 11.0. The van der Waals surface area contributed by atoms with Gasteiger partial charge in [-0.2, -0.15) is 0 Å². The molecule has 1 aromatic carbocycles. The maximum Gasteiger partial charge on any atom is 0.310 e. The Bertz CT molecular complexity index is 468. The summed E-state index contributed by atoms with van der Waals surface area (Å²) in [5, 5.41) is 12.6. The first-order chi connectivity index (χ1) is 9.87. The molecule has 0 aromatic heterocycles. The third-order valence-corrected chi connectivity index (χ3v) is 4.78. The zero-order valence-corrected chi connectivity index (χ0v) is 13.4. The molecule has 21 heavy (non-hydrogen) atoms. The molecule has 0 heterocycles. The molecule has 2 N–H and O–H groups in total. The molecular weight excluding hydrogens is 262 g/mol. The molecule has 2 rings (SSSR count). The summed E-state index contributed by atoms with van der Waals surface area (Å²) >= 11 is 0. The van der Waals surface area contributed by atoms with Crippen LogP contribution in [-0.2, 0) is 11.3 Å². The van der Waals surface area contributed by atoms with Crippen molar-refractivity contribution in [1.82, 2.24) is 5.32 Å². The highest BCUT2D eigenvalue weighted by atomic mass is 16.4. The van der Waals surface area contributed by atoms with Crippen molar-refractivity contribution in [3.05, 3.63) is 35.4 Å². The van der Waals surface area contributed by atoms with Gasteiger partial charge in [-0.15, -0.1) is 0 Å². The van der Waals surface area contributed by atoms with Gasteiger partial charge in [-0.1, -0.05) is 38.1 Å². The minimum Gasteiger partial charge on any atom is -0.481 e. The minimum atomic E-state index is -0.773. The molecule has 1 fully saturated rings. The summed E-state index contributed by atoms with van der Waals surface area (Å²) in [4.78, 5) is 11.0. The first kappa shape index (κ1) is 16.0. The zero-order chi connectivity index (χ0) is 15.5. The number of hydrogen-bond donors (Lipinski definition) is 2. The molecule has 3 nitrogen and oxygen atoms in total. The van der Waals surface area contributed by atoms with Crippen LogP contribution in [0.5, 0.6) is 0 Å². The first-order valence-corrected chi connectivity index (χ1v) is 7.92. The summed E-state index contributed by atoms with van der Waals surface area (Å²) < 4.78 is 0. The monoisotopic (exact) mass is 289 g/mol. The van der Waals surface area contributed by atoms with E-state index in [1.165, 1.54) is 31.2 Å². The van der Waals surface area contributed by atoms with E-state index in [1.54, 1.807) is 6.92 Å². The van der Waals surface area contributed by atoms with Crippen molar-refractivity contribution in [2.75, 3.05) is 0 Å². The third-order valence-electron chi connectivity index (χ3n) is 4.78. The molecule has 1 atom stereocenters. The van der Waals surface area contributed by atoms with Crippen LogP contribution in [0.2, 0.25) is 0 Å². The summed E-state index contributed by atoms with van der Waals surface area (Å²) in [5.74, 6) is -1.21. The lowest BCUT2D eigenvalue weighted by Gasteiger charge is -2.34. The lowest BCUT2D eigenvalue weighted by Crippen LogP contribution is -2.35. The fourth-order valence-electron chi connectivity index (χ4n) is 2.93. The number of aliphatic carboxylic acids is 1. The Morgan fingerprint density at radius 2 is 1.86 bits per heavy atom.